The predicted molar refractivity (Wildman–Crippen MR) is 148 cm³/mol. The van der Waals surface area contributed by atoms with Crippen LogP contribution in [0.3, 0.4) is 0 Å². The van der Waals surface area contributed by atoms with Gasteiger partial charge in [-0.3, -0.25) is 14.5 Å². The number of nitrogens with one attached hydrogen (secondary N) is 1. The Kier molecular flexibility index (Phi) is 8.04. The van der Waals surface area contributed by atoms with Gasteiger partial charge in [-0.25, -0.2) is 4.68 Å². The molecule has 10 nitrogen and oxygen atoms in total. The Labute approximate surface area is 227 Å². The van der Waals surface area contributed by atoms with Crippen LogP contribution in [0, 0.1) is 0 Å². The van der Waals surface area contributed by atoms with Crippen molar-refractivity contribution in [1.82, 2.24) is 20.3 Å². The monoisotopic (exact) mass is 531 g/mol. The van der Waals surface area contributed by atoms with E-state index in [0.717, 1.165) is 0 Å². The van der Waals surface area contributed by atoms with Gasteiger partial charge < -0.3 is 19.5 Å². The van der Waals surface area contributed by atoms with Crippen LogP contribution in [0.25, 0.3) is 11.0 Å². The molecule has 1 N–H and O–H groups in total. The normalized spacial score (nSPS) is 12.1. The molecule has 10 heteroatoms. The van der Waals surface area contributed by atoms with E-state index >= 15 is 0 Å². The smallest absolute Gasteiger partial charge is 0.249 e. The molecule has 0 aliphatic heterocycles. The summed E-state index contributed by atoms with van der Waals surface area (Å²) in [5.41, 5.74) is 1.83. The molecule has 0 aliphatic rings. The van der Waals surface area contributed by atoms with Gasteiger partial charge in [0.1, 0.15) is 18.1 Å². The minimum atomic E-state index is -1.08. The van der Waals surface area contributed by atoms with Crippen LogP contribution in [0.2, 0.25) is 0 Å². The number of para-hydroxylation sites is 2. The number of carbonyl (C=O) groups is 2. The van der Waals surface area contributed by atoms with E-state index in [0.29, 0.717) is 39.5 Å². The van der Waals surface area contributed by atoms with Gasteiger partial charge in [0.25, 0.3) is 0 Å². The van der Waals surface area contributed by atoms with Crippen molar-refractivity contribution in [3.05, 3.63) is 72.3 Å². The second kappa shape index (κ2) is 11.4. The molecule has 4 rings (SSSR count). The van der Waals surface area contributed by atoms with Gasteiger partial charge >= 0.3 is 0 Å². The Morgan fingerprint density at radius 2 is 1.54 bits per heavy atom. The summed E-state index contributed by atoms with van der Waals surface area (Å²) in [7, 11) is 4.51. The first kappa shape index (κ1) is 27.4. The van der Waals surface area contributed by atoms with Gasteiger partial charge in [-0.05, 0) is 62.7 Å². The van der Waals surface area contributed by atoms with Crippen LogP contribution in [0.1, 0.15) is 32.4 Å². The average molecular weight is 532 g/mol. The van der Waals surface area contributed by atoms with Crippen LogP contribution in [-0.2, 0) is 16.1 Å². The molecule has 1 heterocycles. The standard InChI is InChI=1S/C29H33N5O5/c1-29(2,3)30-28(36)26(19-16-23(37-4)27(39-6)24(17-19)38-5)34(20-12-8-7-9-13-20)25(35)18-33-22-15-11-10-14-21(22)31-32-33/h7-17,26H,18H2,1-6H3,(H,30,36)/t26-/m1/s1. The van der Waals surface area contributed by atoms with E-state index in [1.54, 1.807) is 24.3 Å². The predicted octanol–water partition coefficient (Wildman–Crippen LogP) is 4.15. The second-order valence-corrected chi connectivity index (χ2v) is 9.94. The summed E-state index contributed by atoms with van der Waals surface area (Å²) in [6.07, 6.45) is 0. The summed E-state index contributed by atoms with van der Waals surface area (Å²) in [5, 5.41) is 11.4. The van der Waals surface area contributed by atoms with Gasteiger partial charge in [-0.1, -0.05) is 35.5 Å². The Morgan fingerprint density at radius 3 is 2.13 bits per heavy atom. The summed E-state index contributed by atoms with van der Waals surface area (Å²) in [6.45, 7) is 5.51. The number of amides is 2. The number of carbonyl (C=O) groups excluding carboxylic acids is 2. The number of nitrogens with zero attached hydrogens (tertiary/aromatic N) is 4. The van der Waals surface area contributed by atoms with Crippen molar-refractivity contribution in [2.75, 3.05) is 26.2 Å². The first-order valence-corrected chi connectivity index (χ1v) is 12.4. The molecule has 3 aromatic carbocycles. The molecule has 39 heavy (non-hydrogen) atoms. The molecule has 0 bridgehead atoms. The number of methoxy groups -OCH3 is 3. The van der Waals surface area contributed by atoms with Crippen molar-refractivity contribution in [2.24, 2.45) is 0 Å². The van der Waals surface area contributed by atoms with Crippen LogP contribution >= 0.6 is 0 Å². The summed E-state index contributed by atoms with van der Waals surface area (Å²) >= 11 is 0. The fourth-order valence-corrected chi connectivity index (χ4v) is 4.38. The Hall–Kier alpha value is -4.60. The molecule has 2 amide bonds. The van der Waals surface area contributed by atoms with Gasteiger partial charge in [-0.2, -0.15) is 0 Å². The number of anilines is 1. The lowest BCUT2D eigenvalue weighted by molar-refractivity contribution is -0.128. The third-order valence-electron chi connectivity index (χ3n) is 6.02. The van der Waals surface area contributed by atoms with E-state index in [4.69, 9.17) is 14.2 Å². The highest BCUT2D eigenvalue weighted by Crippen LogP contribution is 2.41. The van der Waals surface area contributed by atoms with Crippen molar-refractivity contribution in [2.45, 2.75) is 38.9 Å². The lowest BCUT2D eigenvalue weighted by Crippen LogP contribution is -2.50. The van der Waals surface area contributed by atoms with Gasteiger partial charge in [0.15, 0.2) is 11.5 Å². The van der Waals surface area contributed by atoms with Crippen LogP contribution in [0.15, 0.2) is 66.7 Å². The minimum Gasteiger partial charge on any atom is -0.493 e. The third-order valence-corrected chi connectivity index (χ3v) is 6.02. The molecule has 1 atom stereocenters. The molecule has 0 aliphatic carbocycles. The summed E-state index contributed by atoms with van der Waals surface area (Å²) in [5.74, 6) is 0.369. The van der Waals surface area contributed by atoms with E-state index in [-0.39, 0.29) is 18.4 Å². The number of ether oxygens (including phenoxy) is 3. The molecular weight excluding hydrogens is 498 g/mol. The molecule has 0 saturated carbocycles. The fraction of sp³-hybridized carbons (Fsp3) is 0.310. The van der Waals surface area contributed by atoms with Gasteiger partial charge in [-0.15, -0.1) is 5.10 Å². The number of hydrogen-bond acceptors (Lipinski definition) is 7. The van der Waals surface area contributed by atoms with E-state index in [2.05, 4.69) is 15.6 Å². The maximum Gasteiger partial charge on any atom is 0.249 e. The van der Waals surface area contributed by atoms with Crippen molar-refractivity contribution >= 4 is 28.5 Å². The lowest BCUT2D eigenvalue weighted by atomic mass is 9.99. The van der Waals surface area contributed by atoms with Crippen molar-refractivity contribution in [3.63, 3.8) is 0 Å². The van der Waals surface area contributed by atoms with Crippen LogP contribution in [-0.4, -0.2) is 53.7 Å². The fourth-order valence-electron chi connectivity index (χ4n) is 4.38. The summed E-state index contributed by atoms with van der Waals surface area (Å²) in [6, 6.07) is 18.7. The van der Waals surface area contributed by atoms with Gasteiger partial charge in [0, 0.05) is 11.2 Å². The minimum absolute atomic E-state index is 0.140. The van der Waals surface area contributed by atoms with E-state index in [9.17, 15) is 9.59 Å². The Morgan fingerprint density at radius 1 is 0.923 bits per heavy atom. The molecule has 0 spiro atoms. The zero-order chi connectivity index (χ0) is 28.2. The molecule has 204 valence electrons. The van der Waals surface area contributed by atoms with Crippen LogP contribution < -0.4 is 24.4 Å². The molecule has 1 aromatic heterocycles. The van der Waals surface area contributed by atoms with Gasteiger partial charge in [0.2, 0.25) is 17.6 Å². The number of fused-ring (bicyclic) bond motifs is 1. The number of aromatic nitrogens is 3. The van der Waals surface area contributed by atoms with Gasteiger partial charge in [0.05, 0.1) is 26.8 Å². The number of benzene rings is 3. The highest BCUT2D eigenvalue weighted by molar-refractivity contribution is 6.01. The zero-order valence-electron chi connectivity index (χ0n) is 23.0. The summed E-state index contributed by atoms with van der Waals surface area (Å²) in [4.78, 5) is 29.6. The molecule has 0 unspecified atom stereocenters. The maximum absolute atomic E-state index is 14.1. The molecule has 4 aromatic rings. The molecule has 0 fully saturated rings. The molecule has 0 radical (unpaired) electrons. The topological polar surface area (TPSA) is 108 Å². The Balaban J connectivity index is 1.89. The van der Waals surface area contributed by atoms with E-state index in [1.807, 2.05) is 63.2 Å². The highest BCUT2D eigenvalue weighted by atomic mass is 16.5. The molecule has 0 saturated heterocycles. The van der Waals surface area contributed by atoms with Crippen molar-refractivity contribution in [3.8, 4) is 17.2 Å². The Bertz CT molecular complexity index is 1440. The third kappa shape index (κ3) is 5.95. The molecular formula is C29H33N5O5. The largest absolute Gasteiger partial charge is 0.493 e. The SMILES string of the molecule is COc1cc([C@H](C(=O)NC(C)(C)C)N(C(=O)Cn2nnc3ccccc32)c2ccccc2)cc(OC)c1OC. The van der Waals surface area contributed by atoms with Crippen molar-refractivity contribution in [1.29, 1.82) is 0 Å². The number of rotatable bonds is 9. The second-order valence-electron chi connectivity index (χ2n) is 9.94. The van der Waals surface area contributed by atoms with Crippen LogP contribution in [0.5, 0.6) is 17.2 Å². The summed E-state index contributed by atoms with van der Waals surface area (Å²) < 4.78 is 18.2. The average Bonchev–Trinajstić information content (AvgIpc) is 3.32. The highest BCUT2D eigenvalue weighted by Gasteiger charge is 2.36. The number of hydrogen-bond donors (Lipinski definition) is 1. The van der Waals surface area contributed by atoms with E-state index in [1.165, 1.54) is 30.9 Å². The first-order valence-electron chi connectivity index (χ1n) is 12.4. The first-order chi connectivity index (χ1) is 18.7. The van der Waals surface area contributed by atoms with Crippen LogP contribution in [0.4, 0.5) is 5.69 Å². The van der Waals surface area contributed by atoms with E-state index < -0.39 is 11.6 Å². The lowest BCUT2D eigenvalue weighted by Gasteiger charge is -2.34. The maximum atomic E-state index is 14.1. The zero-order valence-corrected chi connectivity index (χ0v) is 23.0. The quantitative estimate of drug-likeness (QED) is 0.346. The van der Waals surface area contributed by atoms with Crippen molar-refractivity contribution < 1.29 is 23.8 Å².